The predicted octanol–water partition coefficient (Wildman–Crippen LogP) is 7.35. The van der Waals surface area contributed by atoms with Gasteiger partial charge in [0.15, 0.2) is 0 Å². The molecule has 0 aliphatic carbocycles. The summed E-state index contributed by atoms with van der Waals surface area (Å²) in [7, 11) is -1.45. The summed E-state index contributed by atoms with van der Waals surface area (Å²) in [5.74, 6) is -0.283. The van der Waals surface area contributed by atoms with E-state index in [-0.39, 0.29) is 5.82 Å². The van der Waals surface area contributed by atoms with Crippen LogP contribution in [0.1, 0.15) is 11.1 Å². The van der Waals surface area contributed by atoms with Crippen molar-refractivity contribution in [3.05, 3.63) is 95.8 Å². The Balaban J connectivity index is 1.77. The molecule has 5 heteroatoms. The molecule has 6 rings (SSSR count). The Kier molecular flexibility index (Phi) is 6.17. The maximum absolute atomic E-state index is 14.2. The maximum Gasteiger partial charge on any atom is 0.216 e. The van der Waals surface area contributed by atoms with Crippen LogP contribution in [0.15, 0.2) is 83.3 Å². The van der Waals surface area contributed by atoms with Gasteiger partial charge in [0.25, 0.3) is 0 Å². The van der Waals surface area contributed by atoms with E-state index < -0.39 is 16.1 Å². The van der Waals surface area contributed by atoms with Crippen LogP contribution in [0.3, 0.4) is 0 Å². The molecule has 0 saturated carbocycles. The average molecular weight is 563 g/mol. The van der Waals surface area contributed by atoms with Crippen LogP contribution < -0.4 is 20.1 Å². The van der Waals surface area contributed by atoms with Crippen LogP contribution in [0.2, 0.25) is 32.7 Å². The van der Waals surface area contributed by atoms with Crippen molar-refractivity contribution in [1.82, 2.24) is 0 Å². The first kappa shape index (κ1) is 26.7. The Hall–Kier alpha value is -3.55. The zero-order valence-electron chi connectivity index (χ0n) is 24.7. The minimum absolute atomic E-state index is 0.283. The van der Waals surface area contributed by atoms with Crippen LogP contribution >= 0.6 is 0 Å². The number of aromatic nitrogens is 1. The molecule has 0 bridgehead atoms. The van der Waals surface area contributed by atoms with Crippen LogP contribution in [-0.4, -0.2) is 16.1 Å². The number of aryl methyl sites for hydroxylation is 2. The van der Waals surface area contributed by atoms with Crippen molar-refractivity contribution in [1.29, 1.82) is 0 Å². The van der Waals surface area contributed by atoms with Gasteiger partial charge in [-0.05, 0) is 54.4 Å². The van der Waals surface area contributed by atoms with Crippen LogP contribution in [0.25, 0.3) is 44.1 Å². The lowest BCUT2D eigenvalue weighted by Gasteiger charge is -2.26. The van der Waals surface area contributed by atoms with Crippen LogP contribution in [0, 0.1) is 19.7 Å². The van der Waals surface area contributed by atoms with E-state index in [2.05, 4.69) is 119 Å². The van der Waals surface area contributed by atoms with Gasteiger partial charge in [-0.15, -0.1) is 0 Å². The Morgan fingerprint density at radius 3 is 2.12 bits per heavy atom. The van der Waals surface area contributed by atoms with Gasteiger partial charge < -0.3 is 4.42 Å². The number of hydrogen-bond donors (Lipinski definition) is 0. The Bertz CT molecular complexity index is 1950. The molecule has 0 aliphatic heterocycles. The third-order valence-corrected chi connectivity index (χ3v) is 14.4. The summed E-state index contributed by atoms with van der Waals surface area (Å²) in [4.78, 5) is 0. The fourth-order valence-corrected chi connectivity index (χ4v) is 10.0. The standard InChI is InChI=1S/C35H37FNOSi2/c1-22-18-29-27-16-14-24(36)19-32(27)38-35(29)34(23(22)2)31-21-33(40(7,8)25-12-10-9-11-13-25)28-17-15-26(39(4,5)6)20-30(28)37(31)3/h9-21H,1-8H3/q+1. The van der Waals surface area contributed by atoms with Gasteiger partial charge in [0.1, 0.15) is 32.1 Å². The summed E-state index contributed by atoms with van der Waals surface area (Å²) in [6.45, 7) is 16.5. The second-order valence-electron chi connectivity index (χ2n) is 12.8. The summed E-state index contributed by atoms with van der Waals surface area (Å²) in [5.41, 5.74) is 7.28. The summed E-state index contributed by atoms with van der Waals surface area (Å²) in [5, 5.41) is 7.58. The number of furan rings is 1. The minimum atomic E-state index is -2.09. The number of fused-ring (bicyclic) bond motifs is 4. The maximum atomic E-state index is 14.2. The van der Waals surface area contributed by atoms with E-state index in [1.54, 1.807) is 0 Å². The molecule has 0 spiro atoms. The first-order chi connectivity index (χ1) is 18.9. The summed E-state index contributed by atoms with van der Waals surface area (Å²) >= 11 is 0. The average Bonchev–Trinajstić information content (AvgIpc) is 3.26. The molecule has 0 amide bonds. The quantitative estimate of drug-likeness (QED) is 0.162. The molecule has 0 fully saturated rings. The van der Waals surface area contributed by atoms with E-state index in [1.165, 1.54) is 49.7 Å². The highest BCUT2D eigenvalue weighted by Gasteiger charge is 2.34. The smallest absolute Gasteiger partial charge is 0.216 e. The molecule has 2 aromatic heterocycles. The second-order valence-corrected chi connectivity index (χ2v) is 22.2. The fraction of sp³-hybridized carbons (Fsp3) is 0.229. The molecular weight excluding hydrogens is 526 g/mol. The normalized spacial score (nSPS) is 12.6. The summed E-state index contributed by atoms with van der Waals surface area (Å²) < 4.78 is 23.0. The van der Waals surface area contributed by atoms with Gasteiger partial charge in [-0.3, -0.25) is 0 Å². The van der Waals surface area contributed by atoms with Crippen LogP contribution in [0.4, 0.5) is 4.39 Å². The number of nitrogens with zero attached hydrogens (tertiary/aromatic N) is 1. The largest absolute Gasteiger partial charge is 0.455 e. The highest BCUT2D eigenvalue weighted by Crippen LogP contribution is 2.39. The third-order valence-electron chi connectivity index (χ3n) is 8.83. The molecule has 6 aromatic rings. The molecule has 0 atom stereocenters. The van der Waals surface area contributed by atoms with Gasteiger partial charge in [0.05, 0.1) is 13.6 Å². The zero-order chi connectivity index (χ0) is 28.6. The van der Waals surface area contributed by atoms with Crippen LogP contribution in [-0.2, 0) is 7.05 Å². The van der Waals surface area contributed by atoms with Crippen molar-refractivity contribution in [2.75, 3.05) is 0 Å². The van der Waals surface area contributed by atoms with Gasteiger partial charge in [-0.25, -0.2) is 4.39 Å². The number of benzene rings is 4. The second kappa shape index (κ2) is 9.25. The van der Waals surface area contributed by atoms with E-state index in [0.717, 1.165) is 27.6 Å². The van der Waals surface area contributed by atoms with Crippen molar-refractivity contribution in [2.45, 2.75) is 46.6 Å². The number of hydrogen-bond acceptors (Lipinski definition) is 1. The Morgan fingerprint density at radius 1 is 0.725 bits per heavy atom. The fourth-order valence-electron chi connectivity index (χ4n) is 6.13. The van der Waals surface area contributed by atoms with E-state index >= 15 is 0 Å². The van der Waals surface area contributed by atoms with Crippen molar-refractivity contribution in [3.63, 3.8) is 0 Å². The van der Waals surface area contributed by atoms with Gasteiger partial charge in [0.2, 0.25) is 11.2 Å². The first-order valence-corrected chi connectivity index (χ1v) is 20.5. The lowest BCUT2D eigenvalue weighted by molar-refractivity contribution is -0.633. The third kappa shape index (κ3) is 4.14. The van der Waals surface area contributed by atoms with E-state index in [1.807, 2.05) is 6.07 Å². The SMILES string of the molecule is Cc1cc2c(oc3cc(F)ccc32)c(-c2cc([Si](C)(C)c3ccccc3)c3ccc([Si](C)(C)C)cc3[n+]2C)c1C. The number of halogens is 1. The molecular formula is C35H37FNOSi2+. The Morgan fingerprint density at radius 2 is 1.43 bits per heavy atom. The molecule has 4 aromatic carbocycles. The lowest BCUT2D eigenvalue weighted by Crippen LogP contribution is -2.54. The molecule has 0 saturated heterocycles. The predicted molar refractivity (Wildman–Crippen MR) is 173 cm³/mol. The van der Waals surface area contributed by atoms with Crippen LogP contribution in [0.5, 0.6) is 0 Å². The van der Waals surface area contributed by atoms with Crippen molar-refractivity contribution in [2.24, 2.45) is 7.05 Å². The molecule has 0 aliphatic rings. The van der Waals surface area contributed by atoms with E-state index in [4.69, 9.17) is 4.42 Å². The molecule has 2 nitrogen and oxygen atoms in total. The van der Waals surface area contributed by atoms with Gasteiger partial charge >= 0.3 is 0 Å². The Labute approximate surface area is 238 Å². The van der Waals surface area contributed by atoms with Gasteiger partial charge in [-0.1, -0.05) is 79.5 Å². The monoisotopic (exact) mass is 562 g/mol. The van der Waals surface area contributed by atoms with Gasteiger partial charge in [0, 0.05) is 34.4 Å². The van der Waals surface area contributed by atoms with Crippen molar-refractivity contribution >= 4 is 64.5 Å². The van der Waals surface area contributed by atoms with Gasteiger partial charge in [-0.2, -0.15) is 4.57 Å². The lowest BCUT2D eigenvalue weighted by atomic mass is 9.96. The molecule has 2 heterocycles. The molecule has 202 valence electrons. The molecule has 0 N–H and O–H groups in total. The molecule has 40 heavy (non-hydrogen) atoms. The van der Waals surface area contributed by atoms with E-state index in [9.17, 15) is 4.39 Å². The molecule has 0 unspecified atom stereocenters. The highest BCUT2D eigenvalue weighted by atomic mass is 28.3. The van der Waals surface area contributed by atoms with E-state index in [0.29, 0.717) is 5.58 Å². The summed E-state index contributed by atoms with van der Waals surface area (Å²) in [6, 6.07) is 27.6. The van der Waals surface area contributed by atoms with Crippen molar-refractivity contribution < 1.29 is 13.4 Å². The first-order valence-electron chi connectivity index (χ1n) is 14.0. The van der Waals surface area contributed by atoms with Crippen molar-refractivity contribution in [3.8, 4) is 11.3 Å². The topological polar surface area (TPSA) is 17.0 Å². The summed E-state index contributed by atoms with van der Waals surface area (Å²) in [6.07, 6.45) is 0. The minimum Gasteiger partial charge on any atom is -0.455 e. The molecule has 0 radical (unpaired) electrons. The zero-order valence-corrected chi connectivity index (χ0v) is 26.7. The number of rotatable bonds is 4. The highest BCUT2D eigenvalue weighted by molar-refractivity contribution is 7.01. The number of pyridine rings is 1.